The van der Waals surface area contributed by atoms with Crippen molar-refractivity contribution in [3.05, 3.63) is 32.9 Å². The minimum Gasteiger partial charge on any atom is -0.493 e. The molecule has 10 nitrogen and oxygen atoms in total. The van der Waals surface area contributed by atoms with Gasteiger partial charge in [-0.15, -0.1) is 0 Å². The van der Waals surface area contributed by atoms with Crippen molar-refractivity contribution in [1.29, 1.82) is 0 Å². The van der Waals surface area contributed by atoms with Crippen molar-refractivity contribution in [2.24, 2.45) is 23.2 Å². The Labute approximate surface area is 266 Å². The second-order valence-electron chi connectivity index (χ2n) is 12.8. The topological polar surface area (TPSA) is 135 Å². The van der Waals surface area contributed by atoms with Crippen LogP contribution in [0.15, 0.2) is 23.8 Å². The summed E-state index contributed by atoms with van der Waals surface area (Å²) in [6.07, 6.45) is 7.63. The van der Waals surface area contributed by atoms with E-state index in [2.05, 4.69) is 5.32 Å². The molecule has 0 spiro atoms. The number of amides is 2. The zero-order valence-corrected chi connectivity index (χ0v) is 27.1. The van der Waals surface area contributed by atoms with Crippen LogP contribution < -0.4 is 14.8 Å². The number of aliphatic hydroxyl groups is 2. The number of ether oxygens (including phenoxy) is 3. The second-order valence-corrected chi connectivity index (χ2v) is 14.0. The highest BCUT2D eigenvalue weighted by Gasteiger charge is 2.53. The summed E-state index contributed by atoms with van der Waals surface area (Å²) in [7, 11) is 3.03. The molecule has 4 saturated carbocycles. The Morgan fingerprint density at radius 3 is 2.40 bits per heavy atom. The van der Waals surface area contributed by atoms with Gasteiger partial charge in [0.2, 0.25) is 11.8 Å². The molecular weight excluding hydrogens is 667 g/mol. The lowest BCUT2D eigenvalue weighted by Gasteiger charge is -2.58. The van der Waals surface area contributed by atoms with E-state index in [1.165, 1.54) is 26.4 Å². The molecule has 5 aliphatic carbocycles. The third kappa shape index (κ3) is 7.04. The normalized spacial score (nSPS) is 30.9. The Bertz CT molecular complexity index is 1200. The zero-order chi connectivity index (χ0) is 30.7. The van der Waals surface area contributed by atoms with Crippen LogP contribution in [0.1, 0.15) is 61.7 Å². The lowest BCUT2D eigenvalue weighted by molar-refractivity contribution is -0.147. The molecule has 0 aliphatic heterocycles. The highest BCUT2D eigenvalue weighted by Crippen LogP contribution is 2.60. The summed E-state index contributed by atoms with van der Waals surface area (Å²) in [6, 6.07) is 2.51. The summed E-state index contributed by atoms with van der Waals surface area (Å²) < 4.78 is 17.7. The predicted molar refractivity (Wildman–Crippen MR) is 167 cm³/mol. The maximum absolute atomic E-state index is 13.9. The van der Waals surface area contributed by atoms with Gasteiger partial charge in [0.05, 0.1) is 36.4 Å². The van der Waals surface area contributed by atoms with Gasteiger partial charge in [-0.1, -0.05) is 0 Å². The molecule has 11 heteroatoms. The van der Waals surface area contributed by atoms with E-state index in [1.54, 1.807) is 25.3 Å². The van der Waals surface area contributed by atoms with Crippen LogP contribution in [0.4, 0.5) is 0 Å². The molecule has 0 radical (unpaired) electrons. The number of aliphatic hydroxyl groups excluding tert-OH is 2. The first-order chi connectivity index (χ1) is 20.7. The molecule has 43 heavy (non-hydrogen) atoms. The highest BCUT2D eigenvalue weighted by molar-refractivity contribution is 14.1. The fourth-order valence-corrected chi connectivity index (χ4v) is 9.16. The van der Waals surface area contributed by atoms with Gasteiger partial charge >= 0.3 is 0 Å². The molecule has 0 heterocycles. The van der Waals surface area contributed by atoms with E-state index in [4.69, 9.17) is 14.2 Å². The summed E-state index contributed by atoms with van der Waals surface area (Å²) in [5.41, 5.74) is 0.806. The van der Waals surface area contributed by atoms with Crippen LogP contribution in [0.2, 0.25) is 0 Å². The number of rotatable bonds is 13. The third-order valence-electron chi connectivity index (χ3n) is 9.77. The molecule has 1 aromatic rings. The van der Waals surface area contributed by atoms with Gasteiger partial charge in [-0.25, -0.2) is 0 Å². The Morgan fingerprint density at radius 2 is 1.81 bits per heavy atom. The number of nitrogens with zero attached hydrogens (tertiary/aromatic N) is 1. The van der Waals surface area contributed by atoms with Gasteiger partial charge in [-0.2, -0.15) is 0 Å². The molecule has 1 aromatic carbocycles. The fourth-order valence-electron chi connectivity index (χ4n) is 8.41. The van der Waals surface area contributed by atoms with Crippen LogP contribution in [0.25, 0.3) is 0 Å². The average Bonchev–Trinajstić information content (AvgIpc) is 2.98. The Balaban J connectivity index is 1.49. The number of hydrogen-bond acceptors (Lipinski definition) is 8. The SMILES string of the molecule is COCCC(=O)N(CC12CC3CC(CC(C3)C1)C2)C1CC(C(=O)NCCO)=CC(Oc2c(I)cc(C=O)cc2OC)C1O. The fraction of sp³-hybridized carbons (Fsp3) is 0.656. The average molecular weight is 711 g/mol. The smallest absolute Gasteiger partial charge is 0.247 e. The maximum Gasteiger partial charge on any atom is 0.247 e. The maximum atomic E-state index is 13.9. The van der Waals surface area contributed by atoms with E-state index in [1.807, 2.05) is 27.5 Å². The number of nitrogens with one attached hydrogen (secondary N) is 1. The Morgan fingerprint density at radius 1 is 1.14 bits per heavy atom. The van der Waals surface area contributed by atoms with Gasteiger partial charge in [0.15, 0.2) is 11.5 Å². The summed E-state index contributed by atoms with van der Waals surface area (Å²) in [6.45, 7) is 0.666. The molecule has 4 bridgehead atoms. The van der Waals surface area contributed by atoms with Crippen molar-refractivity contribution in [3.63, 3.8) is 0 Å². The van der Waals surface area contributed by atoms with E-state index >= 15 is 0 Å². The second kappa shape index (κ2) is 13.8. The van der Waals surface area contributed by atoms with Crippen molar-refractivity contribution in [1.82, 2.24) is 10.2 Å². The molecule has 3 atom stereocenters. The summed E-state index contributed by atoms with van der Waals surface area (Å²) in [5.74, 6) is 2.25. The van der Waals surface area contributed by atoms with Crippen LogP contribution in [0.3, 0.4) is 0 Å². The van der Waals surface area contributed by atoms with E-state index in [-0.39, 0.29) is 49.8 Å². The van der Waals surface area contributed by atoms with Gasteiger partial charge in [0.1, 0.15) is 18.5 Å². The Hall–Kier alpha value is -2.22. The minimum absolute atomic E-state index is 0.0112. The standard InChI is InChI=1S/C32H43IN2O8/c1-41-6-3-28(38)35(18-32-14-19-7-20(15-32)9-21(8-19)16-32)25-12-23(31(40)34-4-5-36)13-26(29(25)39)43-30-24(33)10-22(17-37)11-27(30)42-2/h10-11,13,17,19-21,25-26,29,36,39H,3-9,12,14-16,18H2,1-2H3,(H,34,40). The number of halogens is 1. The monoisotopic (exact) mass is 710 g/mol. The van der Waals surface area contributed by atoms with Crippen LogP contribution in [0, 0.1) is 26.7 Å². The van der Waals surface area contributed by atoms with Crippen LogP contribution in [-0.4, -0.2) is 92.0 Å². The molecule has 3 unspecified atom stereocenters. The quantitative estimate of drug-likeness (QED) is 0.210. The van der Waals surface area contributed by atoms with E-state index < -0.39 is 18.2 Å². The molecule has 4 fully saturated rings. The minimum atomic E-state index is -1.14. The molecule has 236 valence electrons. The van der Waals surface area contributed by atoms with Gasteiger partial charge < -0.3 is 34.6 Å². The van der Waals surface area contributed by atoms with Gasteiger partial charge in [-0.3, -0.25) is 14.4 Å². The molecule has 6 rings (SSSR count). The largest absolute Gasteiger partial charge is 0.493 e. The number of hydrogen-bond donors (Lipinski definition) is 3. The third-order valence-corrected chi connectivity index (χ3v) is 10.6. The summed E-state index contributed by atoms with van der Waals surface area (Å²) in [4.78, 5) is 40.4. The number of methoxy groups -OCH3 is 2. The molecule has 0 saturated heterocycles. The molecule has 5 aliphatic rings. The number of carbonyl (C=O) groups is 3. The van der Waals surface area contributed by atoms with Gasteiger partial charge in [-0.05, 0) is 102 Å². The van der Waals surface area contributed by atoms with Crippen molar-refractivity contribution >= 4 is 40.7 Å². The van der Waals surface area contributed by atoms with Crippen molar-refractivity contribution in [3.8, 4) is 11.5 Å². The van der Waals surface area contributed by atoms with Crippen LogP contribution >= 0.6 is 22.6 Å². The molecule has 0 aromatic heterocycles. The first-order valence-corrected chi connectivity index (χ1v) is 16.3. The first kappa shape index (κ1) is 32.2. The summed E-state index contributed by atoms with van der Waals surface area (Å²) in [5, 5.41) is 23.9. The lowest BCUT2D eigenvalue weighted by atomic mass is 9.49. The van der Waals surface area contributed by atoms with Gasteiger partial charge in [0.25, 0.3) is 0 Å². The van der Waals surface area contributed by atoms with E-state index in [0.717, 1.165) is 25.5 Å². The first-order valence-electron chi connectivity index (χ1n) is 15.2. The van der Waals surface area contributed by atoms with Gasteiger partial charge in [0, 0.05) is 37.8 Å². The van der Waals surface area contributed by atoms with Crippen molar-refractivity contribution < 1.29 is 38.8 Å². The van der Waals surface area contributed by atoms with E-state index in [9.17, 15) is 24.6 Å². The number of carbonyl (C=O) groups excluding carboxylic acids is 3. The summed E-state index contributed by atoms with van der Waals surface area (Å²) >= 11 is 2.05. The molecule has 3 N–H and O–H groups in total. The van der Waals surface area contributed by atoms with Crippen LogP contribution in [0.5, 0.6) is 11.5 Å². The van der Waals surface area contributed by atoms with Crippen molar-refractivity contribution in [2.45, 2.75) is 69.6 Å². The number of aldehydes is 1. The zero-order valence-electron chi connectivity index (χ0n) is 24.9. The number of benzene rings is 1. The van der Waals surface area contributed by atoms with Crippen LogP contribution in [-0.2, 0) is 14.3 Å². The molecule has 2 amide bonds. The Kier molecular flexibility index (Phi) is 10.3. The predicted octanol–water partition coefficient (Wildman–Crippen LogP) is 3.11. The lowest BCUT2D eigenvalue weighted by Crippen LogP contribution is -2.59. The van der Waals surface area contributed by atoms with Crippen molar-refractivity contribution in [2.75, 3.05) is 40.5 Å². The molecular formula is C32H43IN2O8. The highest BCUT2D eigenvalue weighted by atomic mass is 127. The van der Waals surface area contributed by atoms with E-state index in [0.29, 0.717) is 50.5 Å².